The SMILES string of the molecule is COC1C(OC(C)(C)C)[C@@H](CC(C)C)O[C@H]1n1cnc2c(N)ncnc21. The molecule has 2 aromatic rings. The van der Waals surface area contributed by atoms with Crippen molar-refractivity contribution in [2.75, 3.05) is 12.8 Å². The molecule has 0 aromatic carbocycles. The van der Waals surface area contributed by atoms with Gasteiger partial charge in [-0.2, -0.15) is 0 Å². The number of nitrogens with zero attached hydrogens (tertiary/aromatic N) is 4. The maximum absolute atomic E-state index is 6.40. The van der Waals surface area contributed by atoms with Gasteiger partial charge in [-0.15, -0.1) is 0 Å². The second-order valence-corrected chi connectivity index (χ2v) is 8.17. The van der Waals surface area contributed by atoms with Crippen LogP contribution in [0.1, 0.15) is 47.3 Å². The molecule has 0 amide bonds. The van der Waals surface area contributed by atoms with Crippen molar-refractivity contribution in [3.63, 3.8) is 0 Å². The van der Waals surface area contributed by atoms with Crippen LogP contribution in [0.4, 0.5) is 5.82 Å². The second kappa shape index (κ2) is 7.09. The van der Waals surface area contributed by atoms with Gasteiger partial charge in [0, 0.05) is 7.11 Å². The number of anilines is 1. The van der Waals surface area contributed by atoms with Crippen molar-refractivity contribution >= 4 is 17.0 Å². The quantitative estimate of drug-likeness (QED) is 0.872. The van der Waals surface area contributed by atoms with Gasteiger partial charge < -0.3 is 19.9 Å². The molecule has 0 radical (unpaired) electrons. The molecule has 1 saturated heterocycles. The molecule has 2 unspecified atom stereocenters. The Hall–Kier alpha value is -1.77. The number of hydrogen-bond donors (Lipinski definition) is 1. The predicted molar refractivity (Wildman–Crippen MR) is 98.5 cm³/mol. The lowest BCUT2D eigenvalue weighted by atomic mass is 9.99. The molecule has 4 atom stereocenters. The number of aromatic nitrogens is 4. The standard InChI is InChI=1S/C18H29N5O3/c1-10(2)7-11-13(26-18(3,4)5)14(24-6)17(25-11)23-9-22-12-15(19)20-8-21-16(12)23/h8-11,13-14,17H,7H2,1-6H3,(H2,19,20,21)/t11-,13?,14?,17-/m1/s1. The van der Waals surface area contributed by atoms with E-state index in [1.807, 2.05) is 25.3 Å². The summed E-state index contributed by atoms with van der Waals surface area (Å²) in [6.45, 7) is 10.5. The highest BCUT2D eigenvalue weighted by molar-refractivity contribution is 5.81. The van der Waals surface area contributed by atoms with E-state index < -0.39 is 6.23 Å². The first-order valence-electron chi connectivity index (χ1n) is 9.00. The van der Waals surface area contributed by atoms with E-state index in [9.17, 15) is 0 Å². The number of nitrogen functional groups attached to an aromatic ring is 1. The van der Waals surface area contributed by atoms with E-state index in [2.05, 4.69) is 28.8 Å². The molecule has 0 saturated carbocycles. The molecule has 0 spiro atoms. The normalized spacial score (nSPS) is 26.9. The number of ether oxygens (including phenoxy) is 3. The van der Waals surface area contributed by atoms with Crippen molar-refractivity contribution in [2.45, 2.75) is 71.2 Å². The lowest BCUT2D eigenvalue weighted by Crippen LogP contribution is -2.41. The van der Waals surface area contributed by atoms with Crippen LogP contribution in [0.2, 0.25) is 0 Å². The second-order valence-electron chi connectivity index (χ2n) is 8.17. The van der Waals surface area contributed by atoms with E-state index in [-0.39, 0.29) is 23.9 Å². The molecule has 1 aliphatic rings. The summed E-state index contributed by atoms with van der Waals surface area (Å²) in [4.78, 5) is 12.7. The molecule has 0 bridgehead atoms. The first-order valence-corrected chi connectivity index (χ1v) is 9.00. The van der Waals surface area contributed by atoms with E-state index in [0.29, 0.717) is 22.9 Å². The average molecular weight is 363 g/mol. The van der Waals surface area contributed by atoms with Crippen molar-refractivity contribution < 1.29 is 14.2 Å². The maximum atomic E-state index is 6.40. The Balaban J connectivity index is 1.99. The van der Waals surface area contributed by atoms with Gasteiger partial charge in [-0.1, -0.05) is 13.8 Å². The fourth-order valence-corrected chi connectivity index (χ4v) is 3.44. The van der Waals surface area contributed by atoms with Gasteiger partial charge in [0.15, 0.2) is 17.7 Å². The zero-order chi connectivity index (χ0) is 19.1. The van der Waals surface area contributed by atoms with Crippen molar-refractivity contribution in [3.05, 3.63) is 12.7 Å². The molecular formula is C18H29N5O3. The van der Waals surface area contributed by atoms with Gasteiger partial charge in [-0.3, -0.25) is 4.57 Å². The van der Waals surface area contributed by atoms with Gasteiger partial charge in [0.1, 0.15) is 24.1 Å². The third-order valence-corrected chi connectivity index (χ3v) is 4.41. The predicted octanol–water partition coefficient (Wildman–Crippen LogP) is 2.55. The van der Waals surface area contributed by atoms with E-state index in [4.69, 9.17) is 19.9 Å². The summed E-state index contributed by atoms with van der Waals surface area (Å²) in [6.07, 6.45) is 3.03. The third kappa shape index (κ3) is 3.67. The summed E-state index contributed by atoms with van der Waals surface area (Å²) < 4.78 is 20.4. The van der Waals surface area contributed by atoms with E-state index in [1.54, 1.807) is 13.4 Å². The summed E-state index contributed by atoms with van der Waals surface area (Å²) >= 11 is 0. The van der Waals surface area contributed by atoms with E-state index in [0.717, 1.165) is 6.42 Å². The van der Waals surface area contributed by atoms with Gasteiger partial charge in [0.05, 0.1) is 18.0 Å². The van der Waals surface area contributed by atoms with Crippen molar-refractivity contribution in [1.82, 2.24) is 19.5 Å². The summed E-state index contributed by atoms with van der Waals surface area (Å²) in [6, 6.07) is 0. The van der Waals surface area contributed by atoms with Crippen LogP contribution in [0.3, 0.4) is 0 Å². The Labute approximate surface area is 154 Å². The molecule has 0 aliphatic carbocycles. The van der Waals surface area contributed by atoms with Gasteiger partial charge in [0.25, 0.3) is 0 Å². The minimum atomic E-state index is -0.393. The highest BCUT2D eigenvalue weighted by Crippen LogP contribution is 2.39. The van der Waals surface area contributed by atoms with Crippen LogP contribution < -0.4 is 5.73 Å². The highest BCUT2D eigenvalue weighted by Gasteiger charge is 2.48. The Morgan fingerprint density at radius 2 is 1.96 bits per heavy atom. The van der Waals surface area contributed by atoms with Crippen LogP contribution in [-0.2, 0) is 14.2 Å². The van der Waals surface area contributed by atoms with Crippen LogP contribution in [0.25, 0.3) is 11.2 Å². The number of imidazole rings is 1. The van der Waals surface area contributed by atoms with Crippen molar-refractivity contribution in [1.29, 1.82) is 0 Å². The Morgan fingerprint density at radius 3 is 2.58 bits per heavy atom. The first-order chi connectivity index (χ1) is 12.2. The van der Waals surface area contributed by atoms with Crippen LogP contribution in [0.15, 0.2) is 12.7 Å². The smallest absolute Gasteiger partial charge is 0.167 e. The zero-order valence-corrected chi connectivity index (χ0v) is 16.3. The monoisotopic (exact) mass is 363 g/mol. The Kier molecular flexibility index (Phi) is 5.18. The van der Waals surface area contributed by atoms with Crippen LogP contribution >= 0.6 is 0 Å². The topological polar surface area (TPSA) is 97.3 Å². The summed E-state index contributed by atoms with van der Waals surface area (Å²) in [5.41, 5.74) is 6.80. The molecule has 144 valence electrons. The van der Waals surface area contributed by atoms with Gasteiger partial charge in [-0.25, -0.2) is 15.0 Å². The largest absolute Gasteiger partial charge is 0.382 e. The maximum Gasteiger partial charge on any atom is 0.167 e. The molecule has 3 rings (SSSR count). The Morgan fingerprint density at radius 1 is 1.23 bits per heavy atom. The summed E-state index contributed by atoms with van der Waals surface area (Å²) in [5.74, 6) is 0.821. The van der Waals surface area contributed by atoms with Gasteiger partial charge in [0.2, 0.25) is 0 Å². The number of rotatable bonds is 5. The molecular weight excluding hydrogens is 334 g/mol. The van der Waals surface area contributed by atoms with Crippen LogP contribution in [-0.4, -0.2) is 50.5 Å². The molecule has 2 N–H and O–H groups in total. The van der Waals surface area contributed by atoms with Gasteiger partial charge in [-0.05, 0) is 33.1 Å². The number of fused-ring (bicyclic) bond motifs is 1. The van der Waals surface area contributed by atoms with Crippen LogP contribution in [0, 0.1) is 5.92 Å². The molecule has 1 fully saturated rings. The average Bonchev–Trinajstić information content (AvgIpc) is 3.08. The highest BCUT2D eigenvalue weighted by atomic mass is 16.6. The van der Waals surface area contributed by atoms with E-state index >= 15 is 0 Å². The summed E-state index contributed by atoms with van der Waals surface area (Å²) in [7, 11) is 1.68. The molecule has 2 aromatic heterocycles. The number of methoxy groups -OCH3 is 1. The van der Waals surface area contributed by atoms with E-state index in [1.165, 1.54) is 6.33 Å². The molecule has 8 heteroatoms. The molecule has 8 nitrogen and oxygen atoms in total. The molecule has 3 heterocycles. The third-order valence-electron chi connectivity index (χ3n) is 4.41. The van der Waals surface area contributed by atoms with Crippen LogP contribution in [0.5, 0.6) is 0 Å². The van der Waals surface area contributed by atoms with Crippen molar-refractivity contribution in [3.8, 4) is 0 Å². The molecule has 1 aliphatic heterocycles. The minimum Gasteiger partial charge on any atom is -0.382 e. The lowest BCUT2D eigenvalue weighted by molar-refractivity contribution is -0.122. The first kappa shape index (κ1) is 19.0. The van der Waals surface area contributed by atoms with Gasteiger partial charge >= 0.3 is 0 Å². The minimum absolute atomic E-state index is 0.0826. The summed E-state index contributed by atoms with van der Waals surface area (Å²) in [5, 5.41) is 0. The molecule has 26 heavy (non-hydrogen) atoms. The number of hydrogen-bond acceptors (Lipinski definition) is 7. The lowest BCUT2D eigenvalue weighted by Gasteiger charge is -2.31. The fraction of sp³-hybridized carbons (Fsp3) is 0.722. The zero-order valence-electron chi connectivity index (χ0n) is 16.3. The number of nitrogens with two attached hydrogens (primary N) is 1. The Bertz CT molecular complexity index is 755. The van der Waals surface area contributed by atoms with Crippen molar-refractivity contribution in [2.24, 2.45) is 5.92 Å². The fourth-order valence-electron chi connectivity index (χ4n) is 3.44.